The molecule has 1 saturated heterocycles. The maximum atomic E-state index is 13.2. The van der Waals surface area contributed by atoms with Crippen molar-refractivity contribution < 1.29 is 4.79 Å². The van der Waals surface area contributed by atoms with Gasteiger partial charge in [0.2, 0.25) is 5.91 Å². The van der Waals surface area contributed by atoms with Crippen molar-refractivity contribution in [2.45, 2.75) is 18.4 Å². The molecule has 0 radical (unpaired) electrons. The number of benzene rings is 2. The van der Waals surface area contributed by atoms with E-state index in [0.29, 0.717) is 12.8 Å². The number of thioether (sulfide) groups is 1. The summed E-state index contributed by atoms with van der Waals surface area (Å²) < 4.78 is 0. The highest BCUT2D eigenvalue weighted by Crippen LogP contribution is 2.22. The fraction of sp³-hybridized carbons (Fsp3) is 0.350. The third kappa shape index (κ3) is 5.24. The van der Waals surface area contributed by atoms with Crippen molar-refractivity contribution in [3.8, 4) is 0 Å². The van der Waals surface area contributed by atoms with Crippen LogP contribution in [-0.2, 0) is 17.6 Å². The van der Waals surface area contributed by atoms with Gasteiger partial charge in [-0.3, -0.25) is 4.79 Å². The van der Waals surface area contributed by atoms with Crippen molar-refractivity contribution in [1.82, 2.24) is 4.90 Å². The van der Waals surface area contributed by atoms with Crippen LogP contribution >= 0.6 is 24.2 Å². The van der Waals surface area contributed by atoms with Gasteiger partial charge in [-0.1, -0.05) is 60.7 Å². The Morgan fingerprint density at radius 2 is 1.36 bits per heavy atom. The highest BCUT2D eigenvalue weighted by molar-refractivity contribution is 7.99. The van der Waals surface area contributed by atoms with Crippen LogP contribution in [0.1, 0.15) is 11.1 Å². The molecule has 1 heterocycles. The Labute approximate surface area is 160 Å². The predicted octanol–water partition coefficient (Wildman–Crippen LogP) is 3.17. The first-order valence-electron chi connectivity index (χ1n) is 8.41. The van der Waals surface area contributed by atoms with E-state index in [2.05, 4.69) is 0 Å². The SMILES string of the molecule is Cl.NC(Cc1ccccc1)(Cc1ccccc1)C(=O)N1CCSCC1. The molecule has 2 aromatic carbocycles. The molecule has 3 rings (SSSR count). The van der Waals surface area contributed by atoms with Crippen LogP contribution in [-0.4, -0.2) is 40.9 Å². The van der Waals surface area contributed by atoms with Crippen molar-refractivity contribution in [1.29, 1.82) is 0 Å². The number of carbonyl (C=O) groups is 1. The summed E-state index contributed by atoms with van der Waals surface area (Å²) in [5.41, 5.74) is 8.05. The number of hydrogen-bond donors (Lipinski definition) is 1. The molecule has 25 heavy (non-hydrogen) atoms. The summed E-state index contributed by atoms with van der Waals surface area (Å²) in [6, 6.07) is 20.2. The summed E-state index contributed by atoms with van der Waals surface area (Å²) in [6.45, 7) is 1.60. The molecule has 3 nitrogen and oxygen atoms in total. The van der Waals surface area contributed by atoms with E-state index in [0.717, 1.165) is 35.7 Å². The number of nitrogens with zero attached hydrogens (tertiary/aromatic N) is 1. The lowest BCUT2D eigenvalue weighted by Gasteiger charge is -2.36. The molecule has 2 N–H and O–H groups in total. The van der Waals surface area contributed by atoms with E-state index >= 15 is 0 Å². The Morgan fingerprint density at radius 3 is 1.80 bits per heavy atom. The molecule has 0 bridgehead atoms. The van der Waals surface area contributed by atoms with Crippen LogP contribution in [0.4, 0.5) is 0 Å². The Bertz CT molecular complexity index is 618. The van der Waals surface area contributed by atoms with Crippen LogP contribution in [0.5, 0.6) is 0 Å². The van der Waals surface area contributed by atoms with Crippen LogP contribution < -0.4 is 5.73 Å². The van der Waals surface area contributed by atoms with Gasteiger partial charge in [0.25, 0.3) is 0 Å². The Balaban J connectivity index is 0.00000225. The number of nitrogens with two attached hydrogens (primary N) is 1. The van der Waals surface area contributed by atoms with Gasteiger partial charge in [-0.05, 0) is 24.0 Å². The smallest absolute Gasteiger partial charge is 0.243 e. The van der Waals surface area contributed by atoms with Crippen molar-refractivity contribution in [3.05, 3.63) is 71.8 Å². The van der Waals surface area contributed by atoms with Crippen LogP contribution in [0.15, 0.2) is 60.7 Å². The third-order valence-corrected chi connectivity index (χ3v) is 5.39. The number of rotatable bonds is 5. The maximum absolute atomic E-state index is 13.2. The molecule has 1 aliphatic rings. The summed E-state index contributed by atoms with van der Waals surface area (Å²) in [5, 5.41) is 0. The molecule has 0 spiro atoms. The minimum Gasteiger partial charge on any atom is -0.339 e. The lowest BCUT2D eigenvalue weighted by atomic mass is 9.84. The van der Waals surface area contributed by atoms with Gasteiger partial charge >= 0.3 is 0 Å². The lowest BCUT2D eigenvalue weighted by molar-refractivity contribution is -0.136. The first kappa shape index (κ1) is 19.8. The van der Waals surface area contributed by atoms with Crippen LogP contribution in [0.2, 0.25) is 0 Å². The second-order valence-corrected chi connectivity index (χ2v) is 7.61. The molecule has 0 aromatic heterocycles. The minimum absolute atomic E-state index is 0. The molecule has 0 atom stereocenters. The Kier molecular flexibility index (Phi) is 7.36. The average Bonchev–Trinajstić information content (AvgIpc) is 2.63. The first-order chi connectivity index (χ1) is 11.7. The molecule has 0 aliphatic carbocycles. The fourth-order valence-electron chi connectivity index (χ4n) is 3.22. The quantitative estimate of drug-likeness (QED) is 0.871. The molecule has 0 unspecified atom stereocenters. The van der Waals surface area contributed by atoms with E-state index < -0.39 is 5.54 Å². The summed E-state index contributed by atoms with van der Waals surface area (Å²) in [5.74, 6) is 2.08. The number of carbonyl (C=O) groups excluding carboxylic acids is 1. The zero-order chi connectivity index (χ0) is 16.8. The largest absolute Gasteiger partial charge is 0.339 e. The van der Waals surface area contributed by atoms with E-state index in [1.807, 2.05) is 77.3 Å². The van der Waals surface area contributed by atoms with Gasteiger partial charge in [-0.25, -0.2) is 0 Å². The molecule has 1 aliphatic heterocycles. The van der Waals surface area contributed by atoms with Crippen molar-refractivity contribution in [2.24, 2.45) is 5.73 Å². The molecule has 1 amide bonds. The van der Waals surface area contributed by atoms with Gasteiger partial charge in [0.15, 0.2) is 0 Å². The summed E-state index contributed by atoms with van der Waals surface area (Å²) >= 11 is 1.90. The molecule has 5 heteroatoms. The molecule has 1 fully saturated rings. The fourth-order valence-corrected chi connectivity index (χ4v) is 4.12. The number of amides is 1. The average molecular weight is 377 g/mol. The third-order valence-electron chi connectivity index (χ3n) is 4.45. The Morgan fingerprint density at radius 1 is 0.920 bits per heavy atom. The minimum atomic E-state index is -0.898. The highest BCUT2D eigenvalue weighted by Gasteiger charge is 2.38. The van der Waals surface area contributed by atoms with Crippen LogP contribution in [0, 0.1) is 0 Å². The molecule has 2 aromatic rings. The van der Waals surface area contributed by atoms with Gasteiger partial charge in [0.1, 0.15) is 5.54 Å². The van der Waals surface area contributed by atoms with Gasteiger partial charge in [-0.15, -0.1) is 12.4 Å². The molecular formula is C20H25ClN2OS. The zero-order valence-electron chi connectivity index (χ0n) is 14.3. The summed E-state index contributed by atoms with van der Waals surface area (Å²) in [7, 11) is 0. The first-order valence-corrected chi connectivity index (χ1v) is 9.57. The normalized spacial score (nSPS) is 14.7. The standard InChI is InChI=1S/C20H24N2OS.ClH/c21-20(15-17-7-3-1-4-8-17,16-18-9-5-2-6-10-18)19(23)22-11-13-24-14-12-22;/h1-10H,11-16,21H2;1H. The predicted molar refractivity (Wildman–Crippen MR) is 108 cm³/mol. The van der Waals surface area contributed by atoms with Crippen LogP contribution in [0.25, 0.3) is 0 Å². The molecule has 0 saturated carbocycles. The van der Waals surface area contributed by atoms with E-state index in [-0.39, 0.29) is 18.3 Å². The molecular weight excluding hydrogens is 352 g/mol. The maximum Gasteiger partial charge on any atom is 0.243 e. The number of hydrogen-bond acceptors (Lipinski definition) is 3. The van der Waals surface area contributed by atoms with E-state index in [4.69, 9.17) is 5.73 Å². The van der Waals surface area contributed by atoms with Gasteiger partial charge in [0.05, 0.1) is 0 Å². The Hall–Kier alpha value is -1.49. The van der Waals surface area contributed by atoms with Crippen molar-refractivity contribution in [3.63, 3.8) is 0 Å². The summed E-state index contributed by atoms with van der Waals surface area (Å²) in [6.07, 6.45) is 1.12. The topological polar surface area (TPSA) is 46.3 Å². The van der Waals surface area contributed by atoms with Crippen molar-refractivity contribution >= 4 is 30.1 Å². The van der Waals surface area contributed by atoms with Crippen molar-refractivity contribution in [2.75, 3.05) is 24.6 Å². The van der Waals surface area contributed by atoms with Gasteiger partial charge in [0, 0.05) is 24.6 Å². The van der Waals surface area contributed by atoms with E-state index in [9.17, 15) is 4.79 Å². The zero-order valence-corrected chi connectivity index (χ0v) is 15.9. The van der Waals surface area contributed by atoms with E-state index in [1.165, 1.54) is 0 Å². The second-order valence-electron chi connectivity index (χ2n) is 6.39. The number of halogens is 1. The van der Waals surface area contributed by atoms with Crippen LogP contribution in [0.3, 0.4) is 0 Å². The molecule has 134 valence electrons. The van der Waals surface area contributed by atoms with Gasteiger partial charge < -0.3 is 10.6 Å². The lowest BCUT2D eigenvalue weighted by Crippen LogP contribution is -2.59. The second kappa shape index (κ2) is 9.27. The van der Waals surface area contributed by atoms with Gasteiger partial charge in [-0.2, -0.15) is 11.8 Å². The van der Waals surface area contributed by atoms with E-state index in [1.54, 1.807) is 0 Å². The highest BCUT2D eigenvalue weighted by atomic mass is 35.5. The summed E-state index contributed by atoms with van der Waals surface area (Å²) in [4.78, 5) is 15.2. The monoisotopic (exact) mass is 376 g/mol.